The van der Waals surface area contributed by atoms with E-state index in [2.05, 4.69) is 6.07 Å². The first-order valence-electron chi connectivity index (χ1n) is 7.15. The standard InChI is InChI=1S/C17H18O3/c1-9-7-14(18)15-16(20-2)11-8-13(9)17(15,19)12-6-4-3-5-10(11)12/h3-7,11,13,15-16,19H,8H2,1-2H3/t11-,13-,15-,16+,17-/m0/s1. The van der Waals surface area contributed by atoms with Crippen molar-refractivity contribution in [3.8, 4) is 0 Å². The highest BCUT2D eigenvalue weighted by atomic mass is 16.5. The number of benzene rings is 1. The summed E-state index contributed by atoms with van der Waals surface area (Å²) in [5.41, 5.74) is 1.99. The summed E-state index contributed by atoms with van der Waals surface area (Å²) in [6.07, 6.45) is 2.35. The van der Waals surface area contributed by atoms with Gasteiger partial charge in [-0.2, -0.15) is 0 Å². The van der Waals surface area contributed by atoms with Crippen molar-refractivity contribution in [2.45, 2.75) is 31.0 Å². The maximum atomic E-state index is 12.5. The molecule has 4 bridgehead atoms. The number of hydrogen-bond donors (Lipinski definition) is 1. The first kappa shape index (κ1) is 12.3. The van der Waals surface area contributed by atoms with Crippen LogP contribution in [0.15, 0.2) is 35.9 Å². The summed E-state index contributed by atoms with van der Waals surface area (Å²) in [6, 6.07) is 7.97. The van der Waals surface area contributed by atoms with Crippen LogP contribution in [0.25, 0.3) is 0 Å². The average molecular weight is 270 g/mol. The molecule has 0 aliphatic heterocycles. The number of aliphatic hydroxyl groups is 1. The van der Waals surface area contributed by atoms with Crippen LogP contribution in [0.2, 0.25) is 0 Å². The molecule has 0 amide bonds. The third-order valence-electron chi connectivity index (χ3n) is 5.51. The summed E-state index contributed by atoms with van der Waals surface area (Å²) in [4.78, 5) is 12.5. The molecule has 1 N–H and O–H groups in total. The van der Waals surface area contributed by atoms with Gasteiger partial charge < -0.3 is 9.84 Å². The first-order chi connectivity index (χ1) is 9.59. The lowest BCUT2D eigenvalue weighted by molar-refractivity contribution is -0.179. The lowest BCUT2D eigenvalue weighted by atomic mass is 9.49. The predicted molar refractivity (Wildman–Crippen MR) is 74.2 cm³/mol. The van der Waals surface area contributed by atoms with Crippen LogP contribution >= 0.6 is 0 Å². The maximum absolute atomic E-state index is 12.5. The van der Waals surface area contributed by atoms with Crippen LogP contribution in [0.1, 0.15) is 30.4 Å². The minimum atomic E-state index is -1.10. The quantitative estimate of drug-likeness (QED) is 0.850. The van der Waals surface area contributed by atoms with Crippen LogP contribution in [-0.4, -0.2) is 24.1 Å². The van der Waals surface area contributed by atoms with Gasteiger partial charge in [-0.05, 0) is 30.5 Å². The fraction of sp³-hybridized carbons (Fsp3) is 0.471. The van der Waals surface area contributed by atoms with Gasteiger partial charge in [-0.1, -0.05) is 29.8 Å². The minimum absolute atomic E-state index is 0.00676. The smallest absolute Gasteiger partial charge is 0.164 e. The first-order valence-corrected chi connectivity index (χ1v) is 7.15. The summed E-state index contributed by atoms with van der Waals surface area (Å²) >= 11 is 0. The molecule has 0 unspecified atom stereocenters. The molecule has 4 aliphatic rings. The van der Waals surface area contributed by atoms with Crippen molar-refractivity contribution >= 4 is 5.78 Å². The lowest BCUT2D eigenvalue weighted by Crippen LogP contribution is -2.63. The number of ketones is 1. The molecule has 5 rings (SSSR count). The van der Waals surface area contributed by atoms with Gasteiger partial charge in [-0.15, -0.1) is 0 Å². The van der Waals surface area contributed by atoms with E-state index in [1.807, 2.05) is 25.1 Å². The summed E-state index contributed by atoms with van der Waals surface area (Å²) in [6.45, 7) is 1.96. The van der Waals surface area contributed by atoms with E-state index in [0.717, 1.165) is 23.1 Å². The molecule has 4 aliphatic carbocycles. The van der Waals surface area contributed by atoms with Crippen LogP contribution < -0.4 is 0 Å². The number of carbonyl (C=O) groups excluding carboxylic acids is 1. The molecule has 20 heavy (non-hydrogen) atoms. The molecule has 0 radical (unpaired) electrons. The van der Waals surface area contributed by atoms with Gasteiger partial charge in [0.05, 0.1) is 12.0 Å². The zero-order chi connectivity index (χ0) is 14.1. The van der Waals surface area contributed by atoms with E-state index in [-0.39, 0.29) is 23.7 Å². The number of carbonyl (C=O) groups is 1. The number of rotatable bonds is 1. The number of hydrogen-bond acceptors (Lipinski definition) is 3. The molecule has 1 saturated carbocycles. The Morgan fingerprint density at radius 1 is 1.35 bits per heavy atom. The highest BCUT2D eigenvalue weighted by Crippen LogP contribution is 2.62. The molecule has 1 fully saturated rings. The van der Waals surface area contributed by atoms with Gasteiger partial charge in [0.15, 0.2) is 5.78 Å². The van der Waals surface area contributed by atoms with Gasteiger partial charge in [-0.25, -0.2) is 0 Å². The largest absolute Gasteiger partial charge is 0.384 e. The molecule has 0 spiro atoms. The Morgan fingerprint density at radius 2 is 2.10 bits per heavy atom. The van der Waals surface area contributed by atoms with E-state index in [4.69, 9.17) is 4.74 Å². The zero-order valence-electron chi connectivity index (χ0n) is 11.7. The summed E-state index contributed by atoms with van der Waals surface area (Å²) in [5.74, 6) is -0.216. The molecule has 3 heteroatoms. The Kier molecular flexibility index (Phi) is 2.34. The molecule has 5 atom stereocenters. The second kappa shape index (κ2) is 3.80. The lowest BCUT2D eigenvalue weighted by Gasteiger charge is -2.59. The van der Waals surface area contributed by atoms with Crippen LogP contribution in [0.4, 0.5) is 0 Å². The molecular formula is C17H18O3. The molecule has 3 nitrogen and oxygen atoms in total. The van der Waals surface area contributed by atoms with E-state index in [1.54, 1.807) is 13.2 Å². The highest BCUT2D eigenvalue weighted by Gasteiger charge is 2.64. The van der Waals surface area contributed by atoms with E-state index in [0.29, 0.717) is 0 Å². The summed E-state index contributed by atoms with van der Waals surface area (Å²) in [5, 5.41) is 11.5. The van der Waals surface area contributed by atoms with Crippen molar-refractivity contribution in [3.05, 3.63) is 47.0 Å². The minimum Gasteiger partial charge on any atom is -0.384 e. The van der Waals surface area contributed by atoms with Crippen LogP contribution in [0.5, 0.6) is 0 Å². The second-order valence-corrected chi connectivity index (χ2v) is 6.28. The molecule has 0 heterocycles. The molecule has 1 aromatic rings. The van der Waals surface area contributed by atoms with E-state index in [1.165, 1.54) is 0 Å². The zero-order valence-corrected chi connectivity index (χ0v) is 11.7. The topological polar surface area (TPSA) is 46.5 Å². The Hall–Kier alpha value is -1.45. The number of allylic oxidation sites excluding steroid dienone is 1. The third-order valence-corrected chi connectivity index (χ3v) is 5.51. The van der Waals surface area contributed by atoms with Gasteiger partial charge in [0.2, 0.25) is 0 Å². The van der Waals surface area contributed by atoms with Crippen LogP contribution in [0.3, 0.4) is 0 Å². The summed E-state index contributed by atoms with van der Waals surface area (Å²) < 4.78 is 5.63. The highest BCUT2D eigenvalue weighted by molar-refractivity contribution is 5.96. The van der Waals surface area contributed by atoms with Gasteiger partial charge in [-0.3, -0.25) is 4.79 Å². The molecule has 104 valence electrons. The van der Waals surface area contributed by atoms with Crippen LogP contribution in [0, 0.1) is 11.8 Å². The van der Waals surface area contributed by atoms with Gasteiger partial charge in [0.25, 0.3) is 0 Å². The molecule has 1 aromatic carbocycles. The van der Waals surface area contributed by atoms with Crippen LogP contribution in [-0.2, 0) is 15.1 Å². The maximum Gasteiger partial charge on any atom is 0.164 e. The fourth-order valence-electron chi connectivity index (χ4n) is 4.74. The van der Waals surface area contributed by atoms with Crippen molar-refractivity contribution in [2.24, 2.45) is 11.8 Å². The Morgan fingerprint density at radius 3 is 2.85 bits per heavy atom. The van der Waals surface area contributed by atoms with Gasteiger partial charge in [0, 0.05) is 18.9 Å². The van der Waals surface area contributed by atoms with Crippen molar-refractivity contribution in [1.82, 2.24) is 0 Å². The van der Waals surface area contributed by atoms with Crippen molar-refractivity contribution in [2.75, 3.05) is 7.11 Å². The number of methoxy groups -OCH3 is 1. The Labute approximate surface area is 118 Å². The van der Waals surface area contributed by atoms with Gasteiger partial charge in [0.1, 0.15) is 5.60 Å². The van der Waals surface area contributed by atoms with E-state index < -0.39 is 11.5 Å². The predicted octanol–water partition coefficient (Wildman–Crippen LogP) is 2.15. The van der Waals surface area contributed by atoms with Crippen molar-refractivity contribution in [1.29, 1.82) is 0 Å². The van der Waals surface area contributed by atoms with Gasteiger partial charge >= 0.3 is 0 Å². The second-order valence-electron chi connectivity index (χ2n) is 6.28. The van der Waals surface area contributed by atoms with E-state index >= 15 is 0 Å². The molecular weight excluding hydrogens is 252 g/mol. The molecule has 0 saturated heterocycles. The average Bonchev–Trinajstić information content (AvgIpc) is 2.44. The van der Waals surface area contributed by atoms with Crippen molar-refractivity contribution < 1.29 is 14.6 Å². The van der Waals surface area contributed by atoms with Crippen molar-refractivity contribution in [3.63, 3.8) is 0 Å². The normalized spacial score (nSPS) is 41.4. The fourth-order valence-corrected chi connectivity index (χ4v) is 4.74. The number of ether oxygens (including phenoxy) is 1. The molecule has 0 aromatic heterocycles. The SMILES string of the molecule is CO[C@@H]1[C@H]2C[C@H]3C(C)=CC(=O)[C@@H]1[C@]3(O)c1ccccc12. The van der Waals surface area contributed by atoms with E-state index in [9.17, 15) is 9.90 Å². The Balaban J connectivity index is 2.04. The monoisotopic (exact) mass is 270 g/mol. The Bertz CT molecular complexity index is 633. The summed E-state index contributed by atoms with van der Waals surface area (Å²) in [7, 11) is 1.64. The third kappa shape index (κ3) is 1.21.